The third kappa shape index (κ3) is 2.78. The first kappa shape index (κ1) is 12.4. The number of hydrogen-bond donors (Lipinski definition) is 0. The molecule has 1 heterocycles. The zero-order valence-electron chi connectivity index (χ0n) is 11.0. The smallest absolute Gasteiger partial charge is 0.0471 e. The van der Waals surface area contributed by atoms with Crippen molar-refractivity contribution in [1.82, 2.24) is 0 Å². The van der Waals surface area contributed by atoms with E-state index in [0.29, 0.717) is 0 Å². The van der Waals surface area contributed by atoms with Gasteiger partial charge in [0.1, 0.15) is 0 Å². The lowest BCUT2D eigenvalue weighted by Crippen LogP contribution is -1.95. The van der Waals surface area contributed by atoms with Crippen LogP contribution < -0.4 is 0 Å². The second-order valence-corrected chi connectivity index (χ2v) is 4.42. The highest BCUT2D eigenvalue weighted by atomic mass is 14.7. The molecule has 0 amide bonds. The van der Waals surface area contributed by atoms with Gasteiger partial charge in [0.15, 0.2) is 0 Å². The minimum Gasteiger partial charge on any atom is -0.260 e. The zero-order chi connectivity index (χ0) is 13.0. The molecule has 0 fully saturated rings. The van der Waals surface area contributed by atoms with Crippen LogP contribution in [0.25, 0.3) is 5.57 Å². The predicted octanol–water partition coefficient (Wildman–Crippen LogP) is 4.21. The molecule has 0 atom stereocenters. The van der Waals surface area contributed by atoms with Gasteiger partial charge in [0.05, 0.1) is 0 Å². The SMILES string of the molecule is C=C(C)C1=NC=C(c2ccc(C#CCC)cc2)C1. The van der Waals surface area contributed by atoms with E-state index >= 15 is 0 Å². The molecule has 1 aromatic rings. The van der Waals surface area contributed by atoms with Crippen molar-refractivity contribution in [2.24, 2.45) is 4.99 Å². The van der Waals surface area contributed by atoms with Crippen molar-refractivity contribution in [3.63, 3.8) is 0 Å². The molecule has 0 spiro atoms. The maximum atomic E-state index is 4.39. The average Bonchev–Trinajstić information content (AvgIpc) is 2.87. The fourth-order valence-electron chi connectivity index (χ4n) is 1.82. The number of aliphatic imine (C=N–C) groups is 1. The second kappa shape index (κ2) is 5.51. The lowest BCUT2D eigenvalue weighted by atomic mass is 10.00. The van der Waals surface area contributed by atoms with Crippen molar-refractivity contribution in [3.8, 4) is 11.8 Å². The highest BCUT2D eigenvalue weighted by Crippen LogP contribution is 2.25. The van der Waals surface area contributed by atoms with E-state index in [1.165, 1.54) is 11.1 Å². The largest absolute Gasteiger partial charge is 0.260 e. The second-order valence-electron chi connectivity index (χ2n) is 4.42. The molecule has 0 unspecified atom stereocenters. The Morgan fingerprint density at radius 1 is 1.33 bits per heavy atom. The van der Waals surface area contributed by atoms with E-state index in [1.54, 1.807) is 0 Å². The molecule has 0 saturated carbocycles. The molecular weight excluding hydrogens is 218 g/mol. The van der Waals surface area contributed by atoms with E-state index in [0.717, 1.165) is 29.7 Å². The van der Waals surface area contributed by atoms with E-state index in [4.69, 9.17) is 0 Å². The standard InChI is InChI=1S/C17H17N/c1-4-5-6-14-7-9-15(10-8-14)16-11-17(13(2)3)18-12-16/h7-10,12H,2,4,11H2,1,3H3. The Balaban J connectivity index is 2.11. The number of benzene rings is 1. The Bertz CT molecular complexity index is 574. The summed E-state index contributed by atoms with van der Waals surface area (Å²) in [4.78, 5) is 4.39. The maximum Gasteiger partial charge on any atom is 0.0471 e. The highest BCUT2D eigenvalue weighted by Gasteiger charge is 2.12. The molecular formula is C17H17N. The van der Waals surface area contributed by atoms with Crippen molar-refractivity contribution in [2.75, 3.05) is 0 Å². The summed E-state index contributed by atoms with van der Waals surface area (Å²) in [5.41, 5.74) is 5.67. The summed E-state index contributed by atoms with van der Waals surface area (Å²) in [6.45, 7) is 7.99. The van der Waals surface area contributed by atoms with Crippen LogP contribution in [-0.4, -0.2) is 5.71 Å². The Labute approximate surface area is 109 Å². The number of nitrogens with zero attached hydrogens (tertiary/aromatic N) is 1. The van der Waals surface area contributed by atoms with Crippen LogP contribution >= 0.6 is 0 Å². The summed E-state index contributed by atoms with van der Waals surface area (Å²) in [5, 5.41) is 0. The van der Waals surface area contributed by atoms with Gasteiger partial charge in [0.2, 0.25) is 0 Å². The molecule has 1 aromatic carbocycles. The van der Waals surface area contributed by atoms with Crippen LogP contribution in [-0.2, 0) is 0 Å². The molecule has 1 aliphatic rings. The van der Waals surface area contributed by atoms with E-state index in [1.807, 2.05) is 13.1 Å². The molecule has 0 saturated heterocycles. The summed E-state index contributed by atoms with van der Waals surface area (Å²) >= 11 is 0. The van der Waals surface area contributed by atoms with Crippen molar-refractivity contribution in [2.45, 2.75) is 26.7 Å². The molecule has 1 heteroatoms. The number of allylic oxidation sites excluding steroid dienone is 2. The normalized spacial score (nSPS) is 13.4. The van der Waals surface area contributed by atoms with Crippen LogP contribution in [0.15, 0.2) is 47.6 Å². The van der Waals surface area contributed by atoms with Gasteiger partial charge >= 0.3 is 0 Å². The van der Waals surface area contributed by atoms with E-state index in [2.05, 4.69) is 54.6 Å². The minimum absolute atomic E-state index is 0.884. The molecule has 0 N–H and O–H groups in total. The van der Waals surface area contributed by atoms with Crippen molar-refractivity contribution in [3.05, 3.63) is 53.7 Å². The summed E-state index contributed by atoms with van der Waals surface area (Å²) in [6.07, 6.45) is 3.72. The van der Waals surface area contributed by atoms with Crippen LogP contribution in [0.4, 0.5) is 0 Å². The van der Waals surface area contributed by atoms with E-state index in [9.17, 15) is 0 Å². The molecule has 2 rings (SSSR count). The molecule has 90 valence electrons. The maximum absolute atomic E-state index is 4.39. The number of rotatable bonds is 2. The van der Waals surface area contributed by atoms with Gasteiger partial charge in [0, 0.05) is 30.3 Å². The minimum atomic E-state index is 0.884. The third-order valence-electron chi connectivity index (χ3n) is 2.89. The van der Waals surface area contributed by atoms with Crippen LogP contribution in [0.1, 0.15) is 37.8 Å². The summed E-state index contributed by atoms with van der Waals surface area (Å²) in [5.74, 6) is 6.20. The highest BCUT2D eigenvalue weighted by molar-refractivity contribution is 6.08. The monoisotopic (exact) mass is 235 g/mol. The summed E-state index contributed by atoms with van der Waals surface area (Å²) in [7, 11) is 0. The van der Waals surface area contributed by atoms with Gasteiger partial charge in [-0.25, -0.2) is 0 Å². The first-order valence-electron chi connectivity index (χ1n) is 6.21. The molecule has 1 nitrogen and oxygen atoms in total. The molecule has 0 aromatic heterocycles. The van der Waals surface area contributed by atoms with Gasteiger partial charge in [-0.2, -0.15) is 0 Å². The molecule has 18 heavy (non-hydrogen) atoms. The quantitative estimate of drug-likeness (QED) is 0.681. The topological polar surface area (TPSA) is 12.4 Å². The lowest BCUT2D eigenvalue weighted by Gasteiger charge is -2.03. The average molecular weight is 235 g/mol. The summed E-state index contributed by atoms with van der Waals surface area (Å²) in [6, 6.07) is 8.36. The van der Waals surface area contributed by atoms with Crippen LogP contribution in [0.5, 0.6) is 0 Å². The fraction of sp³-hybridized carbons (Fsp3) is 0.235. The first-order valence-corrected chi connectivity index (χ1v) is 6.21. The lowest BCUT2D eigenvalue weighted by molar-refractivity contribution is 1.28. The fourth-order valence-corrected chi connectivity index (χ4v) is 1.82. The van der Waals surface area contributed by atoms with E-state index in [-0.39, 0.29) is 0 Å². The van der Waals surface area contributed by atoms with Gasteiger partial charge in [0.25, 0.3) is 0 Å². The molecule has 0 radical (unpaired) electrons. The van der Waals surface area contributed by atoms with Gasteiger partial charge < -0.3 is 0 Å². The molecule has 1 aliphatic heterocycles. The Morgan fingerprint density at radius 3 is 2.61 bits per heavy atom. The first-order chi connectivity index (χ1) is 8.70. The Morgan fingerprint density at radius 2 is 2.06 bits per heavy atom. The molecule has 0 aliphatic carbocycles. The Kier molecular flexibility index (Phi) is 3.79. The third-order valence-corrected chi connectivity index (χ3v) is 2.89. The van der Waals surface area contributed by atoms with Crippen LogP contribution in [0.2, 0.25) is 0 Å². The van der Waals surface area contributed by atoms with Crippen LogP contribution in [0, 0.1) is 11.8 Å². The van der Waals surface area contributed by atoms with Gasteiger partial charge in [-0.15, -0.1) is 0 Å². The number of hydrogen-bond acceptors (Lipinski definition) is 1. The van der Waals surface area contributed by atoms with Crippen molar-refractivity contribution < 1.29 is 0 Å². The predicted molar refractivity (Wildman–Crippen MR) is 78.5 cm³/mol. The summed E-state index contributed by atoms with van der Waals surface area (Å²) < 4.78 is 0. The van der Waals surface area contributed by atoms with Gasteiger partial charge in [-0.05, 0) is 35.8 Å². The Hall–Kier alpha value is -2.07. The van der Waals surface area contributed by atoms with Crippen LogP contribution in [0.3, 0.4) is 0 Å². The zero-order valence-corrected chi connectivity index (χ0v) is 11.0. The van der Waals surface area contributed by atoms with E-state index < -0.39 is 0 Å². The van der Waals surface area contributed by atoms with Crippen molar-refractivity contribution >= 4 is 11.3 Å². The molecule has 0 bridgehead atoms. The van der Waals surface area contributed by atoms with Gasteiger partial charge in [-0.3, -0.25) is 4.99 Å². The van der Waals surface area contributed by atoms with Gasteiger partial charge in [-0.1, -0.05) is 37.5 Å². The van der Waals surface area contributed by atoms with Crippen molar-refractivity contribution in [1.29, 1.82) is 0 Å².